The van der Waals surface area contributed by atoms with E-state index in [1.807, 2.05) is 6.07 Å². The fourth-order valence-corrected chi connectivity index (χ4v) is 2.18. The summed E-state index contributed by atoms with van der Waals surface area (Å²) in [7, 11) is 0. The molecule has 2 rings (SSSR count). The number of nitrogen functional groups attached to an aromatic ring is 1. The van der Waals surface area contributed by atoms with Crippen LogP contribution in [0.2, 0.25) is 0 Å². The molecule has 0 spiro atoms. The first-order valence-corrected chi connectivity index (χ1v) is 5.72. The highest BCUT2D eigenvalue weighted by Crippen LogP contribution is 2.24. The number of anilines is 2. The topological polar surface area (TPSA) is 74.7 Å². The van der Waals surface area contributed by atoms with Crippen LogP contribution in [0, 0.1) is 11.3 Å². The number of rotatable bonds is 2. The molecule has 1 aromatic rings. The zero-order valence-corrected chi connectivity index (χ0v) is 9.24. The van der Waals surface area contributed by atoms with E-state index >= 15 is 0 Å². The van der Waals surface area contributed by atoms with Crippen molar-refractivity contribution in [2.24, 2.45) is 0 Å². The Morgan fingerprint density at radius 1 is 1.38 bits per heavy atom. The van der Waals surface area contributed by atoms with E-state index in [1.54, 1.807) is 6.20 Å². The summed E-state index contributed by atoms with van der Waals surface area (Å²) >= 11 is 0. The van der Waals surface area contributed by atoms with Crippen molar-refractivity contribution in [1.82, 2.24) is 4.98 Å². The van der Waals surface area contributed by atoms with Crippen molar-refractivity contribution < 1.29 is 0 Å². The molecule has 1 fully saturated rings. The van der Waals surface area contributed by atoms with Gasteiger partial charge in [-0.2, -0.15) is 5.26 Å². The summed E-state index contributed by atoms with van der Waals surface area (Å²) in [5.74, 6) is 0.309. The third-order valence-corrected chi connectivity index (χ3v) is 3.06. The summed E-state index contributed by atoms with van der Waals surface area (Å²) in [6.45, 7) is 0. The number of nitrogens with two attached hydrogens (primary N) is 1. The molecule has 4 heteroatoms. The van der Waals surface area contributed by atoms with Crippen molar-refractivity contribution >= 4 is 11.5 Å². The van der Waals surface area contributed by atoms with Crippen LogP contribution in [0.4, 0.5) is 11.5 Å². The van der Waals surface area contributed by atoms with Gasteiger partial charge in [0.2, 0.25) is 0 Å². The van der Waals surface area contributed by atoms with Crippen LogP contribution in [0.5, 0.6) is 0 Å². The molecule has 1 saturated carbocycles. The Bertz CT molecular complexity index is 402. The van der Waals surface area contributed by atoms with Crippen LogP contribution in [0.3, 0.4) is 0 Å². The van der Waals surface area contributed by atoms with E-state index in [0.29, 0.717) is 17.4 Å². The highest BCUT2D eigenvalue weighted by atomic mass is 14.9. The second-order valence-electron chi connectivity index (χ2n) is 4.21. The van der Waals surface area contributed by atoms with Gasteiger partial charge in [0, 0.05) is 12.2 Å². The third kappa shape index (κ3) is 2.25. The van der Waals surface area contributed by atoms with Gasteiger partial charge in [0.05, 0.1) is 5.69 Å². The summed E-state index contributed by atoms with van der Waals surface area (Å²) in [5.41, 5.74) is 6.95. The van der Waals surface area contributed by atoms with Crippen LogP contribution < -0.4 is 11.1 Å². The number of nitrogens with zero attached hydrogens (tertiary/aromatic N) is 2. The first-order valence-electron chi connectivity index (χ1n) is 5.72. The lowest BCUT2D eigenvalue weighted by molar-refractivity contribution is 0.462. The van der Waals surface area contributed by atoms with Crippen molar-refractivity contribution in [3.05, 3.63) is 17.8 Å². The summed E-state index contributed by atoms with van der Waals surface area (Å²) in [6, 6.07) is 4.40. The third-order valence-electron chi connectivity index (χ3n) is 3.06. The van der Waals surface area contributed by atoms with Crippen LogP contribution >= 0.6 is 0 Å². The molecule has 84 valence electrons. The first-order chi connectivity index (χ1) is 7.81. The molecule has 0 unspecified atom stereocenters. The van der Waals surface area contributed by atoms with Crippen molar-refractivity contribution in [3.63, 3.8) is 0 Å². The molecule has 1 aliphatic rings. The van der Waals surface area contributed by atoms with Gasteiger partial charge in [0.15, 0.2) is 0 Å². The Balaban J connectivity index is 2.14. The van der Waals surface area contributed by atoms with Gasteiger partial charge < -0.3 is 11.1 Å². The monoisotopic (exact) mass is 216 g/mol. The van der Waals surface area contributed by atoms with Gasteiger partial charge in [-0.1, -0.05) is 19.3 Å². The van der Waals surface area contributed by atoms with Gasteiger partial charge in [-0.25, -0.2) is 4.98 Å². The summed E-state index contributed by atoms with van der Waals surface area (Å²) in [4.78, 5) is 3.92. The van der Waals surface area contributed by atoms with Crippen LogP contribution in [0.25, 0.3) is 0 Å². The SMILES string of the molecule is N#Cc1c(NC2CCCCC2)ccnc1N. The highest BCUT2D eigenvalue weighted by molar-refractivity contribution is 5.66. The minimum Gasteiger partial charge on any atom is -0.383 e. The van der Waals surface area contributed by atoms with E-state index in [2.05, 4.69) is 16.4 Å². The number of hydrogen-bond donors (Lipinski definition) is 2. The molecule has 0 radical (unpaired) electrons. The second kappa shape index (κ2) is 4.84. The highest BCUT2D eigenvalue weighted by Gasteiger charge is 2.15. The fraction of sp³-hybridized carbons (Fsp3) is 0.500. The lowest BCUT2D eigenvalue weighted by Gasteiger charge is -2.24. The van der Waals surface area contributed by atoms with E-state index in [0.717, 1.165) is 5.69 Å². The number of nitriles is 1. The Morgan fingerprint density at radius 2 is 2.12 bits per heavy atom. The maximum absolute atomic E-state index is 9.02. The number of pyridine rings is 1. The Labute approximate surface area is 95.5 Å². The quantitative estimate of drug-likeness (QED) is 0.795. The van der Waals surface area contributed by atoms with Gasteiger partial charge in [0.25, 0.3) is 0 Å². The molecular weight excluding hydrogens is 200 g/mol. The zero-order valence-electron chi connectivity index (χ0n) is 9.24. The van der Waals surface area contributed by atoms with Gasteiger partial charge in [-0.15, -0.1) is 0 Å². The first kappa shape index (κ1) is 10.7. The largest absolute Gasteiger partial charge is 0.383 e. The molecule has 1 aromatic heterocycles. The van der Waals surface area contributed by atoms with Gasteiger partial charge in [-0.3, -0.25) is 0 Å². The fourth-order valence-electron chi connectivity index (χ4n) is 2.18. The normalized spacial score (nSPS) is 16.7. The molecule has 3 N–H and O–H groups in total. The van der Waals surface area contributed by atoms with E-state index in [9.17, 15) is 0 Å². The number of nitrogens with one attached hydrogen (secondary N) is 1. The standard InChI is InChI=1S/C12H16N4/c13-8-10-11(6-7-15-12(10)14)16-9-4-2-1-3-5-9/h6-7,9H,1-5H2,(H3,14,15,16). The van der Waals surface area contributed by atoms with E-state index in [4.69, 9.17) is 11.0 Å². The average Bonchev–Trinajstić information content (AvgIpc) is 2.31. The van der Waals surface area contributed by atoms with Gasteiger partial charge in [0.1, 0.15) is 17.5 Å². The van der Waals surface area contributed by atoms with Crippen molar-refractivity contribution in [2.45, 2.75) is 38.1 Å². The second-order valence-corrected chi connectivity index (χ2v) is 4.21. The number of hydrogen-bond acceptors (Lipinski definition) is 4. The van der Waals surface area contributed by atoms with Crippen molar-refractivity contribution in [2.75, 3.05) is 11.1 Å². The molecule has 0 bridgehead atoms. The van der Waals surface area contributed by atoms with E-state index < -0.39 is 0 Å². The Kier molecular flexibility index (Phi) is 3.25. The van der Waals surface area contributed by atoms with Crippen molar-refractivity contribution in [3.8, 4) is 6.07 Å². The zero-order chi connectivity index (χ0) is 11.4. The van der Waals surface area contributed by atoms with Gasteiger partial charge in [-0.05, 0) is 18.9 Å². The van der Waals surface area contributed by atoms with Crippen LogP contribution in [-0.4, -0.2) is 11.0 Å². The molecule has 16 heavy (non-hydrogen) atoms. The summed E-state index contributed by atoms with van der Waals surface area (Å²) in [6.07, 6.45) is 7.84. The molecular formula is C12H16N4. The minimum atomic E-state index is 0.309. The average molecular weight is 216 g/mol. The molecule has 1 heterocycles. The maximum atomic E-state index is 9.02. The Hall–Kier alpha value is -1.76. The molecule has 0 aromatic carbocycles. The molecule has 0 saturated heterocycles. The van der Waals surface area contributed by atoms with Crippen molar-refractivity contribution in [1.29, 1.82) is 5.26 Å². The summed E-state index contributed by atoms with van der Waals surface area (Å²) in [5, 5.41) is 12.4. The molecule has 1 aliphatic carbocycles. The van der Waals surface area contributed by atoms with Crippen LogP contribution in [-0.2, 0) is 0 Å². The predicted octanol–water partition coefficient (Wildman–Crippen LogP) is 2.28. The maximum Gasteiger partial charge on any atom is 0.143 e. The van der Waals surface area contributed by atoms with Crippen LogP contribution in [0.15, 0.2) is 12.3 Å². The number of aromatic nitrogens is 1. The van der Waals surface area contributed by atoms with E-state index in [1.165, 1.54) is 32.1 Å². The van der Waals surface area contributed by atoms with E-state index in [-0.39, 0.29) is 0 Å². The molecule has 4 nitrogen and oxygen atoms in total. The smallest absolute Gasteiger partial charge is 0.143 e. The molecule has 0 aliphatic heterocycles. The molecule has 0 amide bonds. The molecule has 0 atom stereocenters. The predicted molar refractivity (Wildman–Crippen MR) is 63.9 cm³/mol. The lowest BCUT2D eigenvalue weighted by atomic mass is 9.95. The van der Waals surface area contributed by atoms with Crippen LogP contribution in [0.1, 0.15) is 37.7 Å². The lowest BCUT2D eigenvalue weighted by Crippen LogP contribution is -2.23. The summed E-state index contributed by atoms with van der Waals surface area (Å²) < 4.78 is 0. The van der Waals surface area contributed by atoms with Gasteiger partial charge >= 0.3 is 0 Å². The minimum absolute atomic E-state index is 0.309. The Morgan fingerprint density at radius 3 is 2.81 bits per heavy atom.